The predicted octanol–water partition coefficient (Wildman–Crippen LogP) is 2.33. The van der Waals surface area contributed by atoms with Crippen molar-refractivity contribution in [2.24, 2.45) is 0 Å². The van der Waals surface area contributed by atoms with Crippen LogP contribution in [0.5, 0.6) is 0 Å². The van der Waals surface area contributed by atoms with Gasteiger partial charge < -0.3 is 10.6 Å². The predicted molar refractivity (Wildman–Crippen MR) is 75.2 cm³/mol. The summed E-state index contributed by atoms with van der Waals surface area (Å²) >= 11 is 1.69. The average Bonchev–Trinajstić information content (AvgIpc) is 2.76. The monoisotopic (exact) mass is 263 g/mol. The zero-order chi connectivity index (χ0) is 12.8. The normalized spacial score (nSPS) is 10.3. The first-order valence-electron chi connectivity index (χ1n) is 5.99. The second-order valence-electron chi connectivity index (χ2n) is 3.83. The Morgan fingerprint density at radius 2 is 2.17 bits per heavy atom. The van der Waals surface area contributed by atoms with E-state index in [1.807, 2.05) is 19.9 Å². The van der Waals surface area contributed by atoms with Crippen LogP contribution in [0.1, 0.15) is 17.6 Å². The number of hydrogen-bond acceptors (Lipinski definition) is 6. The van der Waals surface area contributed by atoms with Gasteiger partial charge in [0.25, 0.3) is 0 Å². The van der Waals surface area contributed by atoms with Crippen molar-refractivity contribution in [2.75, 3.05) is 23.7 Å². The van der Waals surface area contributed by atoms with Gasteiger partial charge in [0.1, 0.15) is 5.82 Å². The molecular formula is C12H17N5S. The van der Waals surface area contributed by atoms with Gasteiger partial charge in [-0.25, -0.2) is 9.97 Å². The average molecular weight is 263 g/mol. The number of aryl methyl sites for hydroxylation is 1. The molecule has 0 radical (unpaired) electrons. The Labute approximate surface area is 111 Å². The zero-order valence-electron chi connectivity index (χ0n) is 10.6. The summed E-state index contributed by atoms with van der Waals surface area (Å²) in [6.07, 6.45) is 2.66. The molecule has 0 aromatic carbocycles. The summed E-state index contributed by atoms with van der Waals surface area (Å²) in [6, 6.07) is 1.87. The number of thiazole rings is 1. The number of nitrogens with zero attached hydrogens (tertiary/aromatic N) is 3. The topological polar surface area (TPSA) is 62.7 Å². The van der Waals surface area contributed by atoms with Crippen molar-refractivity contribution in [2.45, 2.75) is 20.3 Å². The lowest BCUT2D eigenvalue weighted by molar-refractivity contribution is 0.956. The number of nitrogens with one attached hydrogen (secondary N) is 2. The first kappa shape index (κ1) is 12.8. The Bertz CT molecular complexity index is 497. The van der Waals surface area contributed by atoms with E-state index in [1.54, 1.807) is 17.5 Å². The highest BCUT2D eigenvalue weighted by atomic mass is 32.1. The Kier molecular flexibility index (Phi) is 4.46. The summed E-state index contributed by atoms with van der Waals surface area (Å²) < 4.78 is 0. The third-order valence-corrected chi connectivity index (χ3v) is 3.17. The molecular weight excluding hydrogens is 246 g/mol. The molecule has 0 saturated heterocycles. The molecule has 0 aliphatic heterocycles. The highest BCUT2D eigenvalue weighted by Gasteiger charge is 2.00. The molecule has 0 amide bonds. The third-order valence-electron chi connectivity index (χ3n) is 2.34. The van der Waals surface area contributed by atoms with E-state index < -0.39 is 0 Å². The van der Waals surface area contributed by atoms with E-state index in [0.29, 0.717) is 5.95 Å². The highest BCUT2D eigenvalue weighted by Crippen LogP contribution is 2.09. The zero-order valence-corrected chi connectivity index (χ0v) is 11.4. The van der Waals surface area contributed by atoms with Crippen LogP contribution in [0.25, 0.3) is 0 Å². The summed E-state index contributed by atoms with van der Waals surface area (Å²) in [5.74, 6) is 1.50. The molecule has 0 atom stereocenters. The lowest BCUT2D eigenvalue weighted by Crippen LogP contribution is -2.09. The van der Waals surface area contributed by atoms with Crippen LogP contribution in [0, 0.1) is 6.92 Å². The fourth-order valence-corrected chi connectivity index (χ4v) is 2.19. The van der Waals surface area contributed by atoms with Gasteiger partial charge in [-0.15, -0.1) is 11.3 Å². The summed E-state index contributed by atoms with van der Waals surface area (Å²) in [4.78, 5) is 12.9. The SMILES string of the molecule is CCNc1nccc(NCCc2csc(C)n2)n1. The van der Waals surface area contributed by atoms with Crippen LogP contribution >= 0.6 is 11.3 Å². The minimum Gasteiger partial charge on any atom is -0.370 e. The Morgan fingerprint density at radius 3 is 2.89 bits per heavy atom. The van der Waals surface area contributed by atoms with E-state index in [1.165, 1.54) is 0 Å². The van der Waals surface area contributed by atoms with E-state index in [-0.39, 0.29) is 0 Å². The number of aromatic nitrogens is 3. The van der Waals surface area contributed by atoms with Gasteiger partial charge in [0.2, 0.25) is 5.95 Å². The first-order valence-corrected chi connectivity index (χ1v) is 6.87. The number of hydrogen-bond donors (Lipinski definition) is 2. The molecule has 0 aliphatic rings. The summed E-state index contributed by atoms with van der Waals surface area (Å²) in [6.45, 7) is 5.69. The minimum absolute atomic E-state index is 0.659. The highest BCUT2D eigenvalue weighted by molar-refractivity contribution is 7.09. The molecule has 0 saturated carbocycles. The lowest BCUT2D eigenvalue weighted by atomic mass is 10.3. The Morgan fingerprint density at radius 1 is 1.28 bits per heavy atom. The molecule has 96 valence electrons. The number of anilines is 2. The van der Waals surface area contributed by atoms with Crippen molar-refractivity contribution in [1.29, 1.82) is 0 Å². The van der Waals surface area contributed by atoms with E-state index in [2.05, 4.69) is 31.0 Å². The standard InChI is InChI=1S/C12H17N5S/c1-3-13-12-15-7-5-11(17-12)14-6-4-10-8-18-9(2)16-10/h5,7-8H,3-4,6H2,1-2H3,(H2,13,14,15,17). The largest absolute Gasteiger partial charge is 0.370 e. The lowest BCUT2D eigenvalue weighted by Gasteiger charge is -2.06. The van der Waals surface area contributed by atoms with Crippen LogP contribution in [-0.4, -0.2) is 28.0 Å². The van der Waals surface area contributed by atoms with Crippen LogP contribution in [0.4, 0.5) is 11.8 Å². The molecule has 2 aromatic heterocycles. The van der Waals surface area contributed by atoms with E-state index in [9.17, 15) is 0 Å². The fourth-order valence-electron chi connectivity index (χ4n) is 1.54. The van der Waals surface area contributed by atoms with Crippen molar-refractivity contribution < 1.29 is 0 Å². The second kappa shape index (κ2) is 6.30. The molecule has 0 unspecified atom stereocenters. The molecule has 2 N–H and O–H groups in total. The quantitative estimate of drug-likeness (QED) is 0.837. The van der Waals surface area contributed by atoms with E-state index in [4.69, 9.17) is 0 Å². The van der Waals surface area contributed by atoms with Crippen molar-refractivity contribution in [1.82, 2.24) is 15.0 Å². The number of rotatable bonds is 6. The molecule has 0 spiro atoms. The van der Waals surface area contributed by atoms with Gasteiger partial charge in [0.05, 0.1) is 10.7 Å². The molecule has 2 heterocycles. The van der Waals surface area contributed by atoms with Crippen molar-refractivity contribution in [3.63, 3.8) is 0 Å². The Balaban J connectivity index is 1.84. The van der Waals surface area contributed by atoms with Crippen molar-refractivity contribution in [3.8, 4) is 0 Å². The van der Waals surface area contributed by atoms with Crippen LogP contribution in [-0.2, 0) is 6.42 Å². The molecule has 0 fully saturated rings. The molecule has 2 aromatic rings. The Hall–Kier alpha value is -1.69. The van der Waals surface area contributed by atoms with Crippen LogP contribution in [0.2, 0.25) is 0 Å². The molecule has 5 nitrogen and oxygen atoms in total. The molecule has 6 heteroatoms. The summed E-state index contributed by atoms with van der Waals surface area (Å²) in [5.41, 5.74) is 1.13. The maximum absolute atomic E-state index is 4.42. The summed E-state index contributed by atoms with van der Waals surface area (Å²) in [5, 5.41) is 9.57. The van der Waals surface area contributed by atoms with E-state index in [0.717, 1.165) is 36.0 Å². The van der Waals surface area contributed by atoms with Crippen LogP contribution in [0.3, 0.4) is 0 Å². The van der Waals surface area contributed by atoms with Gasteiger partial charge in [-0.05, 0) is 19.9 Å². The van der Waals surface area contributed by atoms with Gasteiger partial charge >= 0.3 is 0 Å². The van der Waals surface area contributed by atoms with Gasteiger partial charge in [-0.3, -0.25) is 0 Å². The molecule has 2 rings (SSSR count). The van der Waals surface area contributed by atoms with Gasteiger partial charge in [0, 0.05) is 31.1 Å². The fraction of sp³-hybridized carbons (Fsp3) is 0.417. The minimum atomic E-state index is 0.659. The van der Waals surface area contributed by atoms with E-state index >= 15 is 0 Å². The van der Waals surface area contributed by atoms with Crippen molar-refractivity contribution >= 4 is 23.1 Å². The maximum Gasteiger partial charge on any atom is 0.224 e. The van der Waals surface area contributed by atoms with Gasteiger partial charge in [0.15, 0.2) is 0 Å². The molecule has 18 heavy (non-hydrogen) atoms. The third kappa shape index (κ3) is 3.66. The maximum atomic E-state index is 4.42. The summed E-state index contributed by atoms with van der Waals surface area (Å²) in [7, 11) is 0. The molecule has 0 aliphatic carbocycles. The van der Waals surface area contributed by atoms with Gasteiger partial charge in [-0.2, -0.15) is 4.98 Å². The van der Waals surface area contributed by atoms with Crippen molar-refractivity contribution in [3.05, 3.63) is 28.3 Å². The van der Waals surface area contributed by atoms with Gasteiger partial charge in [-0.1, -0.05) is 0 Å². The van der Waals surface area contributed by atoms with Crippen LogP contribution in [0.15, 0.2) is 17.6 Å². The molecule has 0 bridgehead atoms. The first-order chi connectivity index (χ1) is 8.78. The second-order valence-corrected chi connectivity index (χ2v) is 4.89. The van der Waals surface area contributed by atoms with Crippen LogP contribution < -0.4 is 10.6 Å². The smallest absolute Gasteiger partial charge is 0.224 e.